The molecule has 3 rings (SSSR count). The van der Waals surface area contributed by atoms with Gasteiger partial charge in [-0.1, -0.05) is 39.0 Å². The molecule has 3 heteroatoms. The minimum atomic E-state index is -0.130. The van der Waals surface area contributed by atoms with Crippen molar-refractivity contribution >= 4 is 23.0 Å². The highest BCUT2D eigenvalue weighted by Crippen LogP contribution is 2.43. The first-order chi connectivity index (χ1) is 9.88. The van der Waals surface area contributed by atoms with Crippen molar-refractivity contribution in [3.8, 4) is 0 Å². The normalized spacial score (nSPS) is 25.8. The molecule has 0 bridgehead atoms. The van der Waals surface area contributed by atoms with E-state index >= 15 is 0 Å². The number of ketones is 1. The number of allylic oxidation sites excluding steroid dienone is 1. The molecule has 1 saturated carbocycles. The zero-order chi connectivity index (χ0) is 15.2. The molecule has 0 spiro atoms. The van der Waals surface area contributed by atoms with Crippen molar-refractivity contribution in [2.75, 3.05) is 5.32 Å². The highest BCUT2D eigenvalue weighted by atomic mass is 16.2. The molecule has 21 heavy (non-hydrogen) atoms. The maximum Gasteiger partial charge on any atom is 0.256 e. The third-order valence-corrected chi connectivity index (χ3v) is 4.71. The fourth-order valence-electron chi connectivity index (χ4n) is 3.32. The molecule has 110 valence electrons. The van der Waals surface area contributed by atoms with Gasteiger partial charge in [0.2, 0.25) is 0 Å². The van der Waals surface area contributed by atoms with Crippen molar-refractivity contribution in [3.63, 3.8) is 0 Å². The first-order valence-electron chi connectivity index (χ1n) is 7.55. The first kappa shape index (κ1) is 14.1. The van der Waals surface area contributed by atoms with Gasteiger partial charge in [0, 0.05) is 23.2 Å². The molecule has 1 aromatic carbocycles. The van der Waals surface area contributed by atoms with Crippen LogP contribution in [0, 0.1) is 11.3 Å². The molecule has 0 radical (unpaired) electrons. The summed E-state index contributed by atoms with van der Waals surface area (Å²) in [5.74, 6) is 0.449. The predicted molar refractivity (Wildman–Crippen MR) is 83.8 cm³/mol. The molecule has 3 nitrogen and oxygen atoms in total. The number of hydrogen-bond donors (Lipinski definition) is 1. The maximum atomic E-state index is 12.4. The van der Waals surface area contributed by atoms with Crippen LogP contribution in [0.4, 0.5) is 5.69 Å². The number of hydrogen-bond acceptors (Lipinski definition) is 2. The average Bonchev–Trinajstić information content (AvgIpc) is 2.74. The minimum Gasteiger partial charge on any atom is -0.321 e. The zero-order valence-electron chi connectivity index (χ0n) is 12.8. The summed E-state index contributed by atoms with van der Waals surface area (Å²) in [6.07, 6.45) is 2.18. The van der Waals surface area contributed by atoms with Crippen molar-refractivity contribution in [1.82, 2.24) is 0 Å². The number of benzene rings is 1. The Labute approximate surface area is 125 Å². The summed E-state index contributed by atoms with van der Waals surface area (Å²) in [6, 6.07) is 7.61. The van der Waals surface area contributed by atoms with Crippen LogP contribution in [0.2, 0.25) is 0 Å². The Morgan fingerprint density at radius 1 is 1.14 bits per heavy atom. The van der Waals surface area contributed by atoms with Gasteiger partial charge in [0.05, 0.1) is 5.57 Å². The molecule has 2 aliphatic rings. The third kappa shape index (κ3) is 2.41. The van der Waals surface area contributed by atoms with Crippen molar-refractivity contribution in [2.45, 2.75) is 40.0 Å². The minimum absolute atomic E-state index is 0.130. The van der Waals surface area contributed by atoms with E-state index in [0.717, 1.165) is 23.2 Å². The lowest BCUT2D eigenvalue weighted by atomic mass is 9.69. The largest absolute Gasteiger partial charge is 0.321 e. The Bertz CT molecular complexity index is 649. The molecule has 1 atom stereocenters. The lowest BCUT2D eigenvalue weighted by Gasteiger charge is -2.34. The molecule has 0 saturated heterocycles. The number of carbonyl (C=O) groups excluding carboxylic acids is 2. The zero-order valence-corrected chi connectivity index (χ0v) is 12.8. The van der Waals surface area contributed by atoms with Crippen LogP contribution in [0.1, 0.15) is 45.6 Å². The Morgan fingerprint density at radius 3 is 2.57 bits per heavy atom. The maximum absolute atomic E-state index is 12.4. The Balaban J connectivity index is 2.08. The lowest BCUT2D eigenvalue weighted by molar-refractivity contribution is -0.118. The number of para-hydroxylation sites is 1. The summed E-state index contributed by atoms with van der Waals surface area (Å²) < 4.78 is 0. The standard InChI is InChI=1S/C18H21NO2/c1-18(2,3)11-8-9-15(20)13(10-11)16-12-6-4-5-7-14(12)19-17(16)21/h4-7,11H,8-10H2,1-3H3,(H,19,21)/b16-13-/t11-/m1/s1. The van der Waals surface area contributed by atoms with Crippen molar-refractivity contribution in [1.29, 1.82) is 0 Å². The van der Waals surface area contributed by atoms with E-state index in [4.69, 9.17) is 0 Å². The van der Waals surface area contributed by atoms with Crippen LogP contribution in [0.5, 0.6) is 0 Å². The number of carbonyl (C=O) groups is 2. The average molecular weight is 283 g/mol. The van der Waals surface area contributed by atoms with Crippen LogP contribution in [-0.2, 0) is 9.59 Å². The fourth-order valence-corrected chi connectivity index (χ4v) is 3.32. The number of fused-ring (bicyclic) bond motifs is 1. The van der Waals surface area contributed by atoms with Crippen LogP contribution < -0.4 is 5.32 Å². The highest BCUT2D eigenvalue weighted by molar-refractivity contribution is 6.35. The van der Waals surface area contributed by atoms with Crippen molar-refractivity contribution in [3.05, 3.63) is 35.4 Å². The second-order valence-corrected chi connectivity index (χ2v) is 7.08. The Hall–Kier alpha value is -1.90. The van der Waals surface area contributed by atoms with Gasteiger partial charge in [-0.15, -0.1) is 0 Å². The number of rotatable bonds is 0. The van der Waals surface area contributed by atoms with Crippen LogP contribution in [-0.4, -0.2) is 11.7 Å². The van der Waals surface area contributed by atoms with E-state index in [9.17, 15) is 9.59 Å². The molecule has 1 N–H and O–H groups in total. The van der Waals surface area contributed by atoms with Crippen LogP contribution in [0.3, 0.4) is 0 Å². The van der Waals surface area contributed by atoms with Crippen LogP contribution >= 0.6 is 0 Å². The Kier molecular flexibility index (Phi) is 3.23. The molecule has 1 fully saturated rings. The van der Waals surface area contributed by atoms with E-state index < -0.39 is 0 Å². The van der Waals surface area contributed by atoms with E-state index in [2.05, 4.69) is 26.1 Å². The molecular weight excluding hydrogens is 262 g/mol. The second-order valence-electron chi connectivity index (χ2n) is 7.08. The monoisotopic (exact) mass is 283 g/mol. The predicted octanol–water partition coefficient (Wildman–Crippen LogP) is 3.81. The van der Waals surface area contributed by atoms with E-state index in [-0.39, 0.29) is 17.1 Å². The van der Waals surface area contributed by atoms with Gasteiger partial charge in [-0.2, -0.15) is 0 Å². The molecule has 1 heterocycles. The van der Waals surface area contributed by atoms with Gasteiger partial charge in [0.15, 0.2) is 5.78 Å². The van der Waals surface area contributed by atoms with Gasteiger partial charge >= 0.3 is 0 Å². The SMILES string of the molecule is CC(C)(C)[C@@H]1CCC(=O)/C(=C2\C(=O)Nc3ccccc32)C1. The molecule has 0 aromatic heterocycles. The van der Waals surface area contributed by atoms with Crippen LogP contribution in [0.15, 0.2) is 29.8 Å². The molecule has 1 aliphatic carbocycles. The third-order valence-electron chi connectivity index (χ3n) is 4.71. The summed E-state index contributed by atoms with van der Waals surface area (Å²) in [7, 11) is 0. The van der Waals surface area contributed by atoms with Gasteiger partial charge in [0.25, 0.3) is 5.91 Å². The van der Waals surface area contributed by atoms with Crippen molar-refractivity contribution in [2.24, 2.45) is 11.3 Å². The second kappa shape index (κ2) is 4.83. The molecule has 1 aliphatic heterocycles. The summed E-state index contributed by atoms with van der Waals surface area (Å²) in [4.78, 5) is 24.7. The molecular formula is C18H21NO2. The first-order valence-corrected chi connectivity index (χ1v) is 7.55. The lowest BCUT2D eigenvalue weighted by Crippen LogP contribution is -2.28. The van der Waals surface area contributed by atoms with Crippen molar-refractivity contribution < 1.29 is 9.59 Å². The van der Waals surface area contributed by atoms with Crippen LogP contribution in [0.25, 0.3) is 5.57 Å². The highest BCUT2D eigenvalue weighted by Gasteiger charge is 2.36. The Morgan fingerprint density at radius 2 is 1.86 bits per heavy atom. The summed E-state index contributed by atoms with van der Waals surface area (Å²) >= 11 is 0. The van der Waals surface area contributed by atoms with E-state index in [1.807, 2.05) is 24.3 Å². The topological polar surface area (TPSA) is 46.2 Å². The molecule has 0 unspecified atom stereocenters. The number of amides is 1. The van der Waals surface area contributed by atoms with Gasteiger partial charge < -0.3 is 5.32 Å². The number of anilines is 1. The number of Topliss-reactive ketones (excluding diaryl/α,β-unsaturated/α-hetero) is 1. The van der Waals surface area contributed by atoms with Gasteiger partial charge in [-0.05, 0) is 30.2 Å². The van der Waals surface area contributed by atoms with E-state index in [1.54, 1.807) is 0 Å². The van der Waals surface area contributed by atoms with Gasteiger partial charge in [-0.25, -0.2) is 0 Å². The van der Waals surface area contributed by atoms with Gasteiger partial charge in [-0.3, -0.25) is 9.59 Å². The number of nitrogens with one attached hydrogen (secondary N) is 1. The summed E-state index contributed by atoms with van der Waals surface area (Å²) in [6.45, 7) is 6.62. The molecule has 1 aromatic rings. The summed E-state index contributed by atoms with van der Waals surface area (Å²) in [5, 5.41) is 2.87. The molecule has 1 amide bonds. The summed E-state index contributed by atoms with van der Waals surface area (Å²) in [5.41, 5.74) is 3.17. The van der Waals surface area contributed by atoms with E-state index in [0.29, 0.717) is 24.3 Å². The van der Waals surface area contributed by atoms with E-state index in [1.165, 1.54) is 0 Å². The van der Waals surface area contributed by atoms with Gasteiger partial charge in [0.1, 0.15) is 0 Å². The fraction of sp³-hybridized carbons (Fsp3) is 0.444. The quantitative estimate of drug-likeness (QED) is 0.736. The smallest absolute Gasteiger partial charge is 0.256 e.